The highest BCUT2D eigenvalue weighted by atomic mass is 16.5. The topological polar surface area (TPSA) is 49.8 Å². The molecule has 0 fully saturated rings. The Bertz CT molecular complexity index is 655. The maximum absolute atomic E-state index is 11.1. The SMILES string of the molecule is O=C(O)N1CCc2ccc(OCc3ccccc3)cc2CC1. The number of fused-ring (bicyclic) bond motifs is 1. The second-order valence-electron chi connectivity index (χ2n) is 5.47. The van der Waals surface area contributed by atoms with Gasteiger partial charge in [-0.15, -0.1) is 0 Å². The number of ether oxygens (including phenoxy) is 1. The van der Waals surface area contributed by atoms with E-state index in [-0.39, 0.29) is 0 Å². The van der Waals surface area contributed by atoms with Crippen molar-refractivity contribution in [3.63, 3.8) is 0 Å². The Labute approximate surface area is 130 Å². The summed E-state index contributed by atoms with van der Waals surface area (Å²) in [6.07, 6.45) is 0.665. The molecule has 2 aromatic carbocycles. The molecule has 0 saturated heterocycles. The quantitative estimate of drug-likeness (QED) is 0.945. The van der Waals surface area contributed by atoms with Crippen molar-refractivity contribution in [2.45, 2.75) is 19.4 Å². The standard InChI is InChI=1S/C18H19NO3/c20-18(21)19-10-8-15-6-7-17(12-16(15)9-11-19)22-13-14-4-2-1-3-5-14/h1-7,12H,8-11,13H2,(H,20,21). The van der Waals surface area contributed by atoms with E-state index in [1.807, 2.05) is 42.5 Å². The van der Waals surface area contributed by atoms with Gasteiger partial charge in [0.1, 0.15) is 12.4 Å². The first kappa shape index (κ1) is 14.4. The molecule has 0 spiro atoms. The van der Waals surface area contributed by atoms with E-state index >= 15 is 0 Å². The summed E-state index contributed by atoms with van der Waals surface area (Å²) in [6, 6.07) is 16.1. The summed E-state index contributed by atoms with van der Waals surface area (Å²) >= 11 is 0. The molecule has 0 bridgehead atoms. The molecule has 114 valence electrons. The highest BCUT2D eigenvalue weighted by molar-refractivity contribution is 5.65. The summed E-state index contributed by atoms with van der Waals surface area (Å²) < 4.78 is 5.84. The van der Waals surface area contributed by atoms with Crippen molar-refractivity contribution < 1.29 is 14.6 Å². The normalized spacial score (nSPS) is 14.1. The Kier molecular flexibility index (Phi) is 4.28. The average Bonchev–Trinajstić information content (AvgIpc) is 2.76. The predicted molar refractivity (Wildman–Crippen MR) is 84.2 cm³/mol. The van der Waals surface area contributed by atoms with E-state index in [4.69, 9.17) is 9.84 Å². The molecule has 1 aliphatic heterocycles. The molecule has 0 unspecified atom stereocenters. The lowest BCUT2D eigenvalue weighted by molar-refractivity contribution is 0.147. The number of carboxylic acid groups (broad SMARTS) is 1. The Morgan fingerprint density at radius 1 is 1.05 bits per heavy atom. The van der Waals surface area contributed by atoms with Gasteiger partial charge in [-0.3, -0.25) is 0 Å². The molecule has 4 heteroatoms. The van der Waals surface area contributed by atoms with Gasteiger partial charge in [0.05, 0.1) is 0 Å². The van der Waals surface area contributed by atoms with E-state index in [0.717, 1.165) is 24.2 Å². The van der Waals surface area contributed by atoms with Crippen LogP contribution in [-0.2, 0) is 19.4 Å². The fourth-order valence-electron chi connectivity index (χ4n) is 2.72. The van der Waals surface area contributed by atoms with Crippen LogP contribution in [0.25, 0.3) is 0 Å². The average molecular weight is 297 g/mol. The van der Waals surface area contributed by atoms with E-state index in [9.17, 15) is 4.79 Å². The number of nitrogens with zero attached hydrogens (tertiary/aromatic N) is 1. The van der Waals surface area contributed by atoms with Crippen LogP contribution < -0.4 is 4.74 Å². The van der Waals surface area contributed by atoms with Crippen molar-refractivity contribution in [2.75, 3.05) is 13.1 Å². The number of rotatable bonds is 3. The third kappa shape index (κ3) is 3.39. The van der Waals surface area contributed by atoms with E-state index < -0.39 is 6.09 Å². The third-order valence-electron chi connectivity index (χ3n) is 4.00. The van der Waals surface area contributed by atoms with Crippen molar-refractivity contribution in [1.82, 2.24) is 4.90 Å². The zero-order valence-corrected chi connectivity index (χ0v) is 12.4. The molecule has 0 aliphatic carbocycles. The molecule has 4 nitrogen and oxygen atoms in total. The minimum absolute atomic E-state index is 0.543. The van der Waals surface area contributed by atoms with Gasteiger partial charge >= 0.3 is 6.09 Å². The van der Waals surface area contributed by atoms with E-state index in [1.165, 1.54) is 16.0 Å². The van der Waals surface area contributed by atoms with Crippen LogP contribution in [0.15, 0.2) is 48.5 Å². The number of carbonyl (C=O) groups is 1. The highest BCUT2D eigenvalue weighted by Gasteiger charge is 2.17. The first-order valence-corrected chi connectivity index (χ1v) is 7.49. The summed E-state index contributed by atoms with van der Waals surface area (Å²) in [5.41, 5.74) is 3.54. The van der Waals surface area contributed by atoms with Crippen molar-refractivity contribution in [2.24, 2.45) is 0 Å². The lowest BCUT2D eigenvalue weighted by atomic mass is 10.0. The van der Waals surface area contributed by atoms with Crippen LogP contribution in [0.2, 0.25) is 0 Å². The van der Waals surface area contributed by atoms with Gasteiger partial charge in [0.15, 0.2) is 0 Å². The first-order valence-electron chi connectivity index (χ1n) is 7.49. The van der Waals surface area contributed by atoms with Gasteiger partial charge in [-0.2, -0.15) is 0 Å². The number of benzene rings is 2. The van der Waals surface area contributed by atoms with Crippen LogP contribution >= 0.6 is 0 Å². The van der Waals surface area contributed by atoms with Gasteiger partial charge in [-0.1, -0.05) is 36.4 Å². The van der Waals surface area contributed by atoms with E-state index in [2.05, 4.69) is 6.07 Å². The summed E-state index contributed by atoms with van der Waals surface area (Å²) in [7, 11) is 0. The molecule has 0 aromatic heterocycles. The predicted octanol–water partition coefficient (Wildman–Crippen LogP) is 3.34. The Hall–Kier alpha value is -2.49. The first-order chi connectivity index (χ1) is 10.7. The smallest absolute Gasteiger partial charge is 0.407 e. The third-order valence-corrected chi connectivity index (χ3v) is 4.00. The van der Waals surface area contributed by atoms with Crippen LogP contribution in [0.4, 0.5) is 4.79 Å². The Balaban J connectivity index is 1.68. The molecule has 2 aromatic rings. The number of amides is 1. The van der Waals surface area contributed by atoms with Gasteiger partial charge in [0, 0.05) is 13.1 Å². The van der Waals surface area contributed by atoms with Crippen molar-refractivity contribution in [1.29, 1.82) is 0 Å². The highest BCUT2D eigenvalue weighted by Crippen LogP contribution is 2.22. The summed E-state index contributed by atoms with van der Waals surface area (Å²) in [6.45, 7) is 1.65. The van der Waals surface area contributed by atoms with Gasteiger partial charge in [-0.05, 0) is 41.7 Å². The summed E-state index contributed by atoms with van der Waals surface area (Å²) in [5.74, 6) is 0.839. The molecule has 0 atom stereocenters. The molecule has 1 heterocycles. The van der Waals surface area contributed by atoms with E-state index in [0.29, 0.717) is 19.7 Å². The monoisotopic (exact) mass is 297 g/mol. The molecule has 1 amide bonds. The van der Waals surface area contributed by atoms with Crippen LogP contribution in [0.1, 0.15) is 16.7 Å². The molecule has 1 N–H and O–H groups in total. The minimum atomic E-state index is -0.839. The van der Waals surface area contributed by atoms with Crippen LogP contribution in [0.3, 0.4) is 0 Å². The lowest BCUT2D eigenvalue weighted by Crippen LogP contribution is -2.31. The fourth-order valence-corrected chi connectivity index (χ4v) is 2.72. The molecule has 0 radical (unpaired) electrons. The molecular weight excluding hydrogens is 278 g/mol. The molecule has 22 heavy (non-hydrogen) atoms. The second-order valence-corrected chi connectivity index (χ2v) is 5.47. The van der Waals surface area contributed by atoms with E-state index in [1.54, 1.807) is 0 Å². The summed E-state index contributed by atoms with van der Waals surface area (Å²) in [5, 5.41) is 9.11. The second kappa shape index (κ2) is 6.52. The van der Waals surface area contributed by atoms with Gasteiger partial charge in [0.25, 0.3) is 0 Å². The largest absolute Gasteiger partial charge is 0.489 e. The zero-order valence-electron chi connectivity index (χ0n) is 12.4. The minimum Gasteiger partial charge on any atom is -0.489 e. The molecular formula is C18H19NO3. The van der Waals surface area contributed by atoms with Crippen molar-refractivity contribution in [3.8, 4) is 5.75 Å². The molecule has 3 rings (SSSR count). The van der Waals surface area contributed by atoms with Gasteiger partial charge in [0.2, 0.25) is 0 Å². The van der Waals surface area contributed by atoms with Crippen LogP contribution in [-0.4, -0.2) is 29.2 Å². The maximum atomic E-state index is 11.1. The molecule has 0 saturated carbocycles. The number of hydrogen-bond acceptors (Lipinski definition) is 2. The van der Waals surface area contributed by atoms with Crippen LogP contribution in [0, 0.1) is 0 Å². The fraction of sp³-hybridized carbons (Fsp3) is 0.278. The van der Waals surface area contributed by atoms with Gasteiger partial charge in [-0.25, -0.2) is 4.79 Å². The van der Waals surface area contributed by atoms with Gasteiger partial charge < -0.3 is 14.7 Å². The summed E-state index contributed by atoms with van der Waals surface area (Å²) in [4.78, 5) is 12.6. The zero-order chi connectivity index (χ0) is 15.4. The Morgan fingerprint density at radius 2 is 1.77 bits per heavy atom. The van der Waals surface area contributed by atoms with Crippen LogP contribution in [0.5, 0.6) is 5.75 Å². The lowest BCUT2D eigenvalue weighted by Gasteiger charge is -2.15. The number of hydrogen-bond donors (Lipinski definition) is 1. The maximum Gasteiger partial charge on any atom is 0.407 e. The van der Waals surface area contributed by atoms with Crippen molar-refractivity contribution >= 4 is 6.09 Å². The Morgan fingerprint density at radius 3 is 2.50 bits per heavy atom. The molecule has 1 aliphatic rings. The van der Waals surface area contributed by atoms with Crippen molar-refractivity contribution in [3.05, 3.63) is 65.2 Å².